The van der Waals surface area contributed by atoms with E-state index in [0.717, 1.165) is 24.3 Å². The zero-order chi connectivity index (χ0) is 12.0. The van der Waals surface area contributed by atoms with Crippen molar-refractivity contribution in [3.63, 3.8) is 0 Å². The summed E-state index contributed by atoms with van der Waals surface area (Å²) in [7, 11) is 0. The molecule has 0 aliphatic rings. The summed E-state index contributed by atoms with van der Waals surface area (Å²) in [5.41, 5.74) is 2.13. The molecular formula is C12H17NO2S. The third-order valence-corrected chi connectivity index (χ3v) is 2.94. The van der Waals surface area contributed by atoms with Crippen molar-refractivity contribution in [2.75, 3.05) is 23.9 Å². The first-order chi connectivity index (χ1) is 7.65. The molecule has 3 nitrogen and oxygen atoms in total. The van der Waals surface area contributed by atoms with Gasteiger partial charge < -0.3 is 10.4 Å². The smallest absolute Gasteiger partial charge is 0.337 e. The molecule has 0 aliphatic carbocycles. The number of carboxylic acid groups (broad SMARTS) is 1. The van der Waals surface area contributed by atoms with E-state index in [9.17, 15) is 4.79 Å². The van der Waals surface area contributed by atoms with Crippen LogP contribution < -0.4 is 5.32 Å². The Morgan fingerprint density at radius 1 is 1.50 bits per heavy atom. The Kier molecular flexibility index (Phi) is 5.19. The minimum atomic E-state index is -0.882. The Morgan fingerprint density at radius 2 is 2.25 bits per heavy atom. The van der Waals surface area contributed by atoms with Gasteiger partial charge in [-0.15, -0.1) is 0 Å². The average Bonchev–Trinajstić information content (AvgIpc) is 2.24. The molecule has 1 aromatic rings. The van der Waals surface area contributed by atoms with Crippen molar-refractivity contribution < 1.29 is 9.90 Å². The number of nitrogens with one attached hydrogen (secondary N) is 1. The number of benzene rings is 1. The first-order valence-electron chi connectivity index (χ1n) is 5.22. The van der Waals surface area contributed by atoms with Crippen molar-refractivity contribution in [3.8, 4) is 0 Å². The van der Waals surface area contributed by atoms with E-state index in [1.807, 2.05) is 19.1 Å². The minimum Gasteiger partial charge on any atom is -0.478 e. The molecule has 0 saturated carbocycles. The lowest BCUT2D eigenvalue weighted by Gasteiger charge is -2.10. The number of hydrogen-bond donors (Lipinski definition) is 2. The van der Waals surface area contributed by atoms with E-state index in [2.05, 4.69) is 11.6 Å². The summed E-state index contributed by atoms with van der Waals surface area (Å²) in [6, 6.07) is 5.34. The minimum absolute atomic E-state index is 0.342. The molecule has 0 atom stereocenters. The second kappa shape index (κ2) is 6.43. The topological polar surface area (TPSA) is 49.3 Å². The highest BCUT2D eigenvalue weighted by Gasteiger charge is 2.08. The van der Waals surface area contributed by atoms with E-state index in [1.54, 1.807) is 17.8 Å². The van der Waals surface area contributed by atoms with Crippen LogP contribution in [0, 0.1) is 6.92 Å². The second-order valence-electron chi connectivity index (χ2n) is 3.63. The standard InChI is InChI=1S/C12H17NO2S/c1-9-4-5-10(12(14)15)11(8-9)13-6-3-7-16-2/h4-5,8,13H,3,6-7H2,1-2H3,(H,14,15). The van der Waals surface area contributed by atoms with Gasteiger partial charge in [-0.25, -0.2) is 4.79 Å². The maximum atomic E-state index is 11.0. The zero-order valence-corrected chi connectivity index (χ0v) is 10.4. The first kappa shape index (κ1) is 12.9. The molecule has 0 radical (unpaired) electrons. The Bertz CT molecular complexity index is 366. The maximum Gasteiger partial charge on any atom is 0.337 e. The van der Waals surface area contributed by atoms with Gasteiger partial charge in [0.25, 0.3) is 0 Å². The van der Waals surface area contributed by atoms with Crippen molar-refractivity contribution in [2.24, 2.45) is 0 Å². The summed E-state index contributed by atoms with van der Waals surface area (Å²) in [6.45, 7) is 2.77. The van der Waals surface area contributed by atoms with Crippen molar-refractivity contribution in [2.45, 2.75) is 13.3 Å². The van der Waals surface area contributed by atoms with Crippen molar-refractivity contribution >= 4 is 23.4 Å². The van der Waals surface area contributed by atoms with Crippen LogP contribution >= 0.6 is 11.8 Å². The lowest BCUT2D eigenvalue weighted by Crippen LogP contribution is -2.08. The summed E-state index contributed by atoms with van der Waals surface area (Å²) in [4.78, 5) is 11.0. The molecule has 0 fully saturated rings. The van der Waals surface area contributed by atoms with Gasteiger partial charge in [-0.2, -0.15) is 11.8 Å². The van der Waals surface area contributed by atoms with E-state index in [4.69, 9.17) is 5.11 Å². The van der Waals surface area contributed by atoms with Crippen molar-refractivity contribution in [3.05, 3.63) is 29.3 Å². The Hall–Kier alpha value is -1.16. The van der Waals surface area contributed by atoms with Crippen LogP contribution in [0.2, 0.25) is 0 Å². The average molecular weight is 239 g/mol. The molecule has 0 amide bonds. The molecule has 0 saturated heterocycles. The molecule has 1 aromatic carbocycles. The second-order valence-corrected chi connectivity index (χ2v) is 4.61. The van der Waals surface area contributed by atoms with Crippen molar-refractivity contribution in [1.82, 2.24) is 0 Å². The van der Waals surface area contributed by atoms with Crippen LogP contribution in [-0.2, 0) is 0 Å². The largest absolute Gasteiger partial charge is 0.478 e. The fraction of sp³-hybridized carbons (Fsp3) is 0.417. The van der Waals surface area contributed by atoms with Crippen LogP contribution in [0.15, 0.2) is 18.2 Å². The van der Waals surface area contributed by atoms with Crippen LogP contribution in [0.3, 0.4) is 0 Å². The maximum absolute atomic E-state index is 11.0. The van der Waals surface area contributed by atoms with Gasteiger partial charge in [0.1, 0.15) is 0 Å². The highest BCUT2D eigenvalue weighted by atomic mass is 32.2. The van der Waals surface area contributed by atoms with Crippen LogP contribution in [0.4, 0.5) is 5.69 Å². The molecule has 88 valence electrons. The van der Waals surface area contributed by atoms with Gasteiger partial charge in [-0.3, -0.25) is 0 Å². The molecule has 2 N–H and O–H groups in total. The Morgan fingerprint density at radius 3 is 2.88 bits per heavy atom. The summed E-state index contributed by atoms with van der Waals surface area (Å²) in [5.74, 6) is 0.202. The fourth-order valence-electron chi connectivity index (χ4n) is 1.43. The molecule has 0 heterocycles. The lowest BCUT2D eigenvalue weighted by molar-refractivity contribution is 0.0698. The van der Waals surface area contributed by atoms with Crippen LogP contribution in [0.5, 0.6) is 0 Å². The SMILES string of the molecule is CSCCCNc1cc(C)ccc1C(=O)O. The molecule has 0 bridgehead atoms. The number of carboxylic acids is 1. The lowest BCUT2D eigenvalue weighted by atomic mass is 10.1. The third-order valence-electron chi connectivity index (χ3n) is 2.25. The van der Waals surface area contributed by atoms with Gasteiger partial charge in [0.2, 0.25) is 0 Å². The quantitative estimate of drug-likeness (QED) is 0.749. The molecule has 0 unspecified atom stereocenters. The summed E-state index contributed by atoms with van der Waals surface area (Å²) >= 11 is 1.79. The van der Waals surface area contributed by atoms with Gasteiger partial charge in [0.15, 0.2) is 0 Å². The monoisotopic (exact) mass is 239 g/mol. The van der Waals surface area contributed by atoms with Gasteiger partial charge in [-0.1, -0.05) is 6.07 Å². The summed E-state index contributed by atoms with van der Waals surface area (Å²) in [6.07, 6.45) is 3.10. The normalized spacial score (nSPS) is 10.1. The molecule has 0 aliphatic heterocycles. The Balaban J connectivity index is 2.68. The molecule has 0 spiro atoms. The molecule has 16 heavy (non-hydrogen) atoms. The zero-order valence-electron chi connectivity index (χ0n) is 9.62. The van der Waals surface area contributed by atoms with E-state index >= 15 is 0 Å². The highest BCUT2D eigenvalue weighted by Crippen LogP contribution is 2.17. The first-order valence-corrected chi connectivity index (χ1v) is 6.61. The molecular weight excluding hydrogens is 222 g/mol. The summed E-state index contributed by atoms with van der Waals surface area (Å²) in [5, 5.41) is 12.2. The molecule has 1 rings (SSSR count). The fourth-order valence-corrected chi connectivity index (χ4v) is 1.86. The molecule has 0 aromatic heterocycles. The number of thioether (sulfide) groups is 1. The third kappa shape index (κ3) is 3.77. The number of aromatic carboxylic acids is 1. The van der Waals surface area contributed by atoms with E-state index in [1.165, 1.54) is 0 Å². The molecule has 4 heteroatoms. The van der Waals surface area contributed by atoms with Gasteiger partial charge in [0.05, 0.1) is 5.56 Å². The van der Waals surface area contributed by atoms with Crippen LogP contribution in [0.25, 0.3) is 0 Å². The Labute approximate surface area is 100 Å². The van der Waals surface area contributed by atoms with Gasteiger partial charge in [0, 0.05) is 12.2 Å². The van der Waals surface area contributed by atoms with Crippen LogP contribution in [-0.4, -0.2) is 29.6 Å². The van der Waals surface area contributed by atoms with E-state index in [0.29, 0.717) is 11.3 Å². The number of anilines is 1. The van der Waals surface area contributed by atoms with E-state index < -0.39 is 5.97 Å². The number of aryl methyl sites for hydroxylation is 1. The predicted molar refractivity (Wildman–Crippen MR) is 69.6 cm³/mol. The summed E-state index contributed by atoms with van der Waals surface area (Å²) < 4.78 is 0. The number of hydrogen-bond acceptors (Lipinski definition) is 3. The number of rotatable bonds is 6. The number of carbonyl (C=O) groups is 1. The van der Waals surface area contributed by atoms with Crippen molar-refractivity contribution in [1.29, 1.82) is 0 Å². The highest BCUT2D eigenvalue weighted by molar-refractivity contribution is 7.98. The van der Waals surface area contributed by atoms with Gasteiger partial charge in [-0.05, 0) is 43.0 Å². The van der Waals surface area contributed by atoms with E-state index in [-0.39, 0.29) is 0 Å². The van der Waals surface area contributed by atoms with Crippen LogP contribution in [0.1, 0.15) is 22.3 Å². The predicted octanol–water partition coefficient (Wildman–Crippen LogP) is 2.86. The van der Waals surface area contributed by atoms with Gasteiger partial charge >= 0.3 is 5.97 Å².